The summed E-state index contributed by atoms with van der Waals surface area (Å²) in [6.07, 6.45) is 1.90. The summed E-state index contributed by atoms with van der Waals surface area (Å²) in [7, 11) is 0. The predicted octanol–water partition coefficient (Wildman–Crippen LogP) is -0.0295. The average Bonchev–Trinajstić information content (AvgIpc) is 2.60. The van der Waals surface area contributed by atoms with Gasteiger partial charge in [0.05, 0.1) is 12.2 Å². The molecular weight excluding hydrogens is 196 g/mol. The molecule has 1 aromatic heterocycles. The first-order valence-corrected chi connectivity index (χ1v) is 4.76. The second-order valence-electron chi connectivity index (χ2n) is 3.46. The molecule has 0 aliphatic carbocycles. The maximum Gasteiger partial charge on any atom is 0.245 e. The first kappa shape index (κ1) is 11.7. The third-order valence-electron chi connectivity index (χ3n) is 1.76. The zero-order valence-corrected chi connectivity index (χ0v) is 8.93. The van der Waals surface area contributed by atoms with Crippen LogP contribution in [0.25, 0.3) is 0 Å². The third kappa shape index (κ3) is 4.09. The first-order chi connectivity index (χ1) is 7.09. The van der Waals surface area contributed by atoms with Crippen LogP contribution in [0.1, 0.15) is 25.6 Å². The lowest BCUT2D eigenvalue weighted by Crippen LogP contribution is -2.24. The second-order valence-corrected chi connectivity index (χ2v) is 3.46. The predicted molar refractivity (Wildman–Crippen MR) is 54.6 cm³/mol. The summed E-state index contributed by atoms with van der Waals surface area (Å²) in [6, 6.07) is 2.23. The van der Waals surface area contributed by atoms with Crippen molar-refractivity contribution in [2.75, 3.05) is 6.61 Å². The van der Waals surface area contributed by atoms with E-state index in [9.17, 15) is 4.79 Å². The molecule has 0 spiro atoms. The van der Waals surface area contributed by atoms with Crippen LogP contribution < -0.4 is 11.2 Å². The maximum absolute atomic E-state index is 10.3. The van der Waals surface area contributed by atoms with Crippen molar-refractivity contribution in [2.45, 2.75) is 26.4 Å². The number of rotatable bonds is 6. The molecule has 0 aliphatic heterocycles. The number of nitrogens with two attached hydrogens (primary N) is 1. The first-order valence-electron chi connectivity index (χ1n) is 4.76. The summed E-state index contributed by atoms with van der Waals surface area (Å²) < 4.78 is 1.85. The van der Waals surface area contributed by atoms with E-state index in [-0.39, 0.29) is 6.61 Å². The van der Waals surface area contributed by atoms with Gasteiger partial charge in [-0.2, -0.15) is 10.6 Å². The van der Waals surface area contributed by atoms with Crippen molar-refractivity contribution in [2.24, 2.45) is 5.73 Å². The normalized spacial score (nSPS) is 10.9. The Morgan fingerprint density at radius 1 is 1.73 bits per heavy atom. The summed E-state index contributed by atoms with van der Waals surface area (Å²) in [5.41, 5.74) is 8.36. The van der Waals surface area contributed by atoms with Gasteiger partial charge in [0.1, 0.15) is 6.61 Å². The topological polar surface area (TPSA) is 82.2 Å². The Hall–Kier alpha value is -1.40. The molecule has 0 aliphatic rings. The number of amides is 1. The van der Waals surface area contributed by atoms with E-state index in [1.54, 1.807) is 0 Å². The molecule has 0 unspecified atom stereocenters. The molecule has 1 aromatic rings. The standard InChI is InChI=1S/C9H16N4O2/c1-7(2)13-4-3-8(12-13)5-11-15-6-9(10)14/h3-4,7,11H,5-6H2,1-2H3,(H2,10,14). The molecular formula is C9H16N4O2. The van der Waals surface area contributed by atoms with Crippen LogP contribution in [0.4, 0.5) is 0 Å². The monoisotopic (exact) mass is 212 g/mol. The zero-order valence-electron chi connectivity index (χ0n) is 8.93. The molecule has 84 valence electrons. The molecule has 6 heteroatoms. The molecule has 3 N–H and O–H groups in total. The summed E-state index contributed by atoms with van der Waals surface area (Å²) in [5.74, 6) is -0.504. The summed E-state index contributed by atoms with van der Waals surface area (Å²) in [4.78, 5) is 15.1. The molecule has 6 nitrogen and oxygen atoms in total. The third-order valence-corrected chi connectivity index (χ3v) is 1.76. The maximum atomic E-state index is 10.3. The van der Waals surface area contributed by atoms with E-state index in [0.29, 0.717) is 12.6 Å². The number of hydroxylamine groups is 1. The quantitative estimate of drug-likeness (QED) is 0.512. The van der Waals surface area contributed by atoms with Gasteiger partial charge in [0.15, 0.2) is 0 Å². The molecule has 0 aromatic carbocycles. The fourth-order valence-electron chi connectivity index (χ4n) is 1.01. The summed E-state index contributed by atoms with van der Waals surface area (Å²) in [6.45, 7) is 4.42. The van der Waals surface area contributed by atoms with Crippen LogP contribution in [-0.2, 0) is 16.2 Å². The number of hydrogen-bond donors (Lipinski definition) is 2. The Morgan fingerprint density at radius 3 is 3.00 bits per heavy atom. The van der Waals surface area contributed by atoms with Crippen molar-refractivity contribution in [3.05, 3.63) is 18.0 Å². The van der Waals surface area contributed by atoms with Gasteiger partial charge in [0, 0.05) is 12.2 Å². The van der Waals surface area contributed by atoms with Crippen LogP contribution >= 0.6 is 0 Å². The molecule has 15 heavy (non-hydrogen) atoms. The Balaban J connectivity index is 2.28. The van der Waals surface area contributed by atoms with Gasteiger partial charge >= 0.3 is 0 Å². The number of primary amides is 1. The van der Waals surface area contributed by atoms with Gasteiger partial charge in [-0.3, -0.25) is 14.3 Å². The fourth-order valence-corrected chi connectivity index (χ4v) is 1.01. The lowest BCUT2D eigenvalue weighted by Gasteiger charge is -2.04. The van der Waals surface area contributed by atoms with E-state index in [0.717, 1.165) is 5.69 Å². The minimum Gasteiger partial charge on any atom is -0.368 e. The molecule has 0 atom stereocenters. The van der Waals surface area contributed by atoms with Crippen LogP contribution in [0.15, 0.2) is 12.3 Å². The van der Waals surface area contributed by atoms with Gasteiger partial charge in [-0.15, -0.1) is 0 Å². The molecule has 0 saturated carbocycles. The highest BCUT2D eigenvalue weighted by Crippen LogP contribution is 2.03. The molecule has 0 radical (unpaired) electrons. The highest BCUT2D eigenvalue weighted by Gasteiger charge is 2.01. The van der Waals surface area contributed by atoms with Crippen LogP contribution in [0.5, 0.6) is 0 Å². The largest absolute Gasteiger partial charge is 0.368 e. The van der Waals surface area contributed by atoms with Gasteiger partial charge in [-0.25, -0.2) is 0 Å². The Morgan fingerprint density at radius 2 is 2.47 bits per heavy atom. The van der Waals surface area contributed by atoms with Crippen LogP contribution in [0.2, 0.25) is 0 Å². The lowest BCUT2D eigenvalue weighted by molar-refractivity contribution is -0.125. The van der Waals surface area contributed by atoms with Gasteiger partial charge in [0.2, 0.25) is 5.91 Å². The van der Waals surface area contributed by atoms with Crippen molar-refractivity contribution >= 4 is 5.91 Å². The SMILES string of the molecule is CC(C)n1ccc(CNOCC(N)=O)n1. The van der Waals surface area contributed by atoms with E-state index in [4.69, 9.17) is 10.6 Å². The smallest absolute Gasteiger partial charge is 0.245 e. The Kier molecular flexibility index (Phi) is 4.26. The fraction of sp³-hybridized carbons (Fsp3) is 0.556. The molecule has 1 rings (SSSR count). The minimum atomic E-state index is -0.504. The molecule has 0 bridgehead atoms. The van der Waals surface area contributed by atoms with Crippen molar-refractivity contribution < 1.29 is 9.63 Å². The number of nitrogens with one attached hydrogen (secondary N) is 1. The van der Waals surface area contributed by atoms with E-state index >= 15 is 0 Å². The molecule has 0 fully saturated rings. The van der Waals surface area contributed by atoms with Crippen LogP contribution in [-0.4, -0.2) is 22.3 Å². The van der Waals surface area contributed by atoms with Crippen LogP contribution in [0.3, 0.4) is 0 Å². The second kappa shape index (κ2) is 5.47. The van der Waals surface area contributed by atoms with Crippen molar-refractivity contribution in [3.8, 4) is 0 Å². The number of aromatic nitrogens is 2. The highest BCUT2D eigenvalue weighted by atomic mass is 16.6. The van der Waals surface area contributed by atoms with Gasteiger partial charge in [0.25, 0.3) is 0 Å². The molecule has 1 amide bonds. The van der Waals surface area contributed by atoms with Crippen molar-refractivity contribution in [1.29, 1.82) is 0 Å². The van der Waals surface area contributed by atoms with E-state index in [1.807, 2.05) is 30.8 Å². The van der Waals surface area contributed by atoms with E-state index in [2.05, 4.69) is 10.6 Å². The number of hydrogen-bond acceptors (Lipinski definition) is 4. The number of nitrogens with zero attached hydrogens (tertiary/aromatic N) is 2. The lowest BCUT2D eigenvalue weighted by atomic mass is 10.4. The van der Waals surface area contributed by atoms with Crippen molar-refractivity contribution in [3.63, 3.8) is 0 Å². The Labute approximate surface area is 88.3 Å². The van der Waals surface area contributed by atoms with E-state index < -0.39 is 5.91 Å². The highest BCUT2D eigenvalue weighted by molar-refractivity contribution is 5.74. The molecule has 1 heterocycles. The minimum absolute atomic E-state index is 0.134. The van der Waals surface area contributed by atoms with Gasteiger partial charge in [-0.1, -0.05) is 0 Å². The average molecular weight is 212 g/mol. The van der Waals surface area contributed by atoms with E-state index in [1.165, 1.54) is 0 Å². The number of carbonyl (C=O) groups excluding carboxylic acids is 1. The number of carbonyl (C=O) groups is 1. The Bertz CT molecular complexity index is 322. The summed E-state index contributed by atoms with van der Waals surface area (Å²) >= 11 is 0. The van der Waals surface area contributed by atoms with Gasteiger partial charge < -0.3 is 5.73 Å². The zero-order chi connectivity index (χ0) is 11.3. The van der Waals surface area contributed by atoms with Gasteiger partial charge in [-0.05, 0) is 19.9 Å². The van der Waals surface area contributed by atoms with Crippen LogP contribution in [0, 0.1) is 0 Å². The summed E-state index contributed by atoms with van der Waals surface area (Å²) in [5, 5.41) is 4.28. The van der Waals surface area contributed by atoms with Crippen molar-refractivity contribution in [1.82, 2.24) is 15.3 Å². The molecule has 0 saturated heterocycles.